The molecule has 1 aromatic heterocycles. The minimum absolute atomic E-state index is 0.145. The monoisotopic (exact) mass is 360 g/mol. The molecule has 1 saturated heterocycles. The first-order valence-corrected chi connectivity index (χ1v) is 9.69. The predicted molar refractivity (Wildman–Crippen MR) is 107 cm³/mol. The van der Waals surface area contributed by atoms with E-state index < -0.39 is 0 Å². The molecule has 5 rings (SSSR count). The minimum atomic E-state index is 0.145. The van der Waals surface area contributed by atoms with Gasteiger partial charge in [0.25, 0.3) is 5.56 Å². The highest BCUT2D eigenvalue weighted by Crippen LogP contribution is 2.37. The molecule has 3 aromatic rings. The van der Waals surface area contributed by atoms with Crippen LogP contribution in [-0.2, 0) is 13.1 Å². The van der Waals surface area contributed by atoms with Crippen LogP contribution in [0.5, 0.6) is 5.75 Å². The van der Waals surface area contributed by atoms with Crippen LogP contribution >= 0.6 is 0 Å². The van der Waals surface area contributed by atoms with Crippen LogP contribution in [0.4, 0.5) is 0 Å². The molecule has 2 aliphatic heterocycles. The zero-order valence-corrected chi connectivity index (χ0v) is 15.6. The summed E-state index contributed by atoms with van der Waals surface area (Å²) in [6.45, 7) is 3.75. The number of fused-ring (bicyclic) bond motifs is 5. The van der Waals surface area contributed by atoms with E-state index in [1.54, 1.807) is 13.2 Å². The summed E-state index contributed by atoms with van der Waals surface area (Å²) in [4.78, 5) is 14.8. The average molecular weight is 360 g/mol. The van der Waals surface area contributed by atoms with E-state index in [4.69, 9.17) is 4.74 Å². The van der Waals surface area contributed by atoms with Gasteiger partial charge in [-0.3, -0.25) is 9.69 Å². The molecule has 0 amide bonds. The predicted octanol–water partition coefficient (Wildman–Crippen LogP) is 3.63. The number of pyridine rings is 1. The van der Waals surface area contributed by atoms with Crippen molar-refractivity contribution in [2.75, 3.05) is 20.2 Å². The van der Waals surface area contributed by atoms with E-state index in [-0.39, 0.29) is 5.56 Å². The summed E-state index contributed by atoms with van der Waals surface area (Å²) in [6, 6.07) is 18.5. The van der Waals surface area contributed by atoms with Gasteiger partial charge < -0.3 is 9.30 Å². The number of benzene rings is 2. The van der Waals surface area contributed by atoms with Gasteiger partial charge >= 0.3 is 0 Å². The SMILES string of the molecule is COc1ccc2ccccc2c1CN1C[C@@H]2C[C@H](C1)c1cccc(=O)n1C2. The van der Waals surface area contributed by atoms with Crippen LogP contribution in [0.15, 0.2) is 59.4 Å². The fraction of sp³-hybridized carbons (Fsp3) is 0.348. The Balaban J connectivity index is 1.48. The first kappa shape index (κ1) is 16.6. The normalized spacial score (nSPS) is 21.8. The van der Waals surface area contributed by atoms with Crippen LogP contribution in [-0.4, -0.2) is 29.7 Å². The molecular formula is C23H24N2O2. The van der Waals surface area contributed by atoms with Crippen LogP contribution in [0.3, 0.4) is 0 Å². The highest BCUT2D eigenvalue weighted by Gasteiger charge is 2.34. The van der Waals surface area contributed by atoms with Crippen molar-refractivity contribution in [3.8, 4) is 5.75 Å². The Kier molecular flexibility index (Phi) is 4.01. The molecule has 4 nitrogen and oxygen atoms in total. The Morgan fingerprint density at radius 1 is 1.00 bits per heavy atom. The van der Waals surface area contributed by atoms with Crippen molar-refractivity contribution in [2.24, 2.45) is 5.92 Å². The second kappa shape index (κ2) is 6.54. The lowest BCUT2D eigenvalue weighted by atomic mass is 9.83. The molecule has 0 radical (unpaired) electrons. The third kappa shape index (κ3) is 2.85. The van der Waals surface area contributed by atoms with E-state index in [0.717, 1.165) is 31.9 Å². The topological polar surface area (TPSA) is 34.5 Å². The van der Waals surface area contributed by atoms with Crippen LogP contribution in [0.25, 0.3) is 10.8 Å². The molecule has 4 heteroatoms. The Labute approximate surface area is 159 Å². The summed E-state index contributed by atoms with van der Waals surface area (Å²) in [5.41, 5.74) is 2.61. The summed E-state index contributed by atoms with van der Waals surface area (Å²) in [7, 11) is 1.75. The quantitative estimate of drug-likeness (QED) is 0.715. The molecular weight excluding hydrogens is 336 g/mol. The fourth-order valence-electron chi connectivity index (χ4n) is 5.02. The van der Waals surface area contributed by atoms with Crippen molar-refractivity contribution in [1.29, 1.82) is 0 Å². The molecule has 0 aliphatic carbocycles. The molecule has 2 aliphatic rings. The summed E-state index contributed by atoms with van der Waals surface area (Å²) in [6.07, 6.45) is 1.19. The third-order valence-electron chi connectivity index (χ3n) is 6.15. The van der Waals surface area contributed by atoms with Crippen molar-refractivity contribution in [3.05, 3.63) is 76.2 Å². The van der Waals surface area contributed by atoms with Gasteiger partial charge in [0.05, 0.1) is 7.11 Å². The first-order chi connectivity index (χ1) is 13.2. The maximum absolute atomic E-state index is 12.2. The van der Waals surface area contributed by atoms with Gasteiger partial charge in [-0.2, -0.15) is 0 Å². The second-order valence-electron chi connectivity index (χ2n) is 7.86. The zero-order chi connectivity index (χ0) is 18.4. The highest BCUT2D eigenvalue weighted by molar-refractivity contribution is 5.87. The van der Waals surface area contributed by atoms with Crippen LogP contribution in [0, 0.1) is 5.92 Å². The second-order valence-corrected chi connectivity index (χ2v) is 7.86. The number of rotatable bonds is 3. The Morgan fingerprint density at radius 2 is 1.89 bits per heavy atom. The van der Waals surface area contributed by atoms with Crippen molar-refractivity contribution in [2.45, 2.75) is 25.4 Å². The number of likely N-dealkylation sites (tertiary alicyclic amines) is 1. The molecule has 0 unspecified atom stereocenters. The molecule has 3 heterocycles. The smallest absolute Gasteiger partial charge is 0.250 e. The van der Waals surface area contributed by atoms with E-state index >= 15 is 0 Å². The first-order valence-electron chi connectivity index (χ1n) is 9.69. The van der Waals surface area contributed by atoms with Gasteiger partial charge in [0.15, 0.2) is 0 Å². The number of methoxy groups -OCH3 is 1. The number of ether oxygens (including phenoxy) is 1. The maximum atomic E-state index is 12.2. The third-order valence-corrected chi connectivity index (χ3v) is 6.15. The molecule has 0 spiro atoms. The molecule has 2 atom stereocenters. The zero-order valence-electron chi connectivity index (χ0n) is 15.6. The maximum Gasteiger partial charge on any atom is 0.250 e. The van der Waals surface area contributed by atoms with Crippen molar-refractivity contribution >= 4 is 10.8 Å². The van der Waals surface area contributed by atoms with E-state index in [9.17, 15) is 4.79 Å². The summed E-state index contributed by atoms with van der Waals surface area (Å²) in [5.74, 6) is 1.94. The van der Waals surface area contributed by atoms with Gasteiger partial charge in [-0.15, -0.1) is 0 Å². The van der Waals surface area contributed by atoms with Gasteiger partial charge in [0.2, 0.25) is 0 Å². The Bertz CT molecular complexity index is 1060. The number of hydrogen-bond donors (Lipinski definition) is 0. The molecule has 0 N–H and O–H groups in total. The Hall–Kier alpha value is -2.59. The van der Waals surface area contributed by atoms with Crippen molar-refractivity contribution < 1.29 is 4.74 Å². The summed E-state index contributed by atoms with van der Waals surface area (Å²) in [5, 5.41) is 2.52. The summed E-state index contributed by atoms with van der Waals surface area (Å²) >= 11 is 0. The summed E-state index contributed by atoms with van der Waals surface area (Å²) < 4.78 is 7.68. The number of aromatic nitrogens is 1. The van der Waals surface area contributed by atoms with E-state index in [1.165, 1.54) is 28.5 Å². The number of nitrogens with zero attached hydrogens (tertiary/aromatic N) is 2. The van der Waals surface area contributed by atoms with Gasteiger partial charge in [0.1, 0.15) is 5.75 Å². The number of piperidine rings is 1. The lowest BCUT2D eigenvalue weighted by molar-refractivity contribution is 0.114. The van der Waals surface area contributed by atoms with Crippen LogP contribution in [0.2, 0.25) is 0 Å². The Morgan fingerprint density at radius 3 is 2.78 bits per heavy atom. The number of hydrogen-bond acceptors (Lipinski definition) is 3. The van der Waals surface area contributed by atoms with Crippen molar-refractivity contribution in [1.82, 2.24) is 9.47 Å². The molecule has 27 heavy (non-hydrogen) atoms. The van der Waals surface area contributed by atoms with Gasteiger partial charge in [0, 0.05) is 49.4 Å². The van der Waals surface area contributed by atoms with Crippen LogP contribution in [0.1, 0.15) is 23.6 Å². The standard InChI is InChI=1S/C23H24N2O2/c1-27-22-10-9-17-5-2-3-6-19(17)20(22)15-24-12-16-11-18(14-24)21-7-4-8-23(26)25(21)13-16/h2-10,16,18H,11-15H2,1H3/t16-,18+/m0/s1. The van der Waals surface area contributed by atoms with E-state index in [0.29, 0.717) is 11.8 Å². The minimum Gasteiger partial charge on any atom is -0.496 e. The average Bonchev–Trinajstić information content (AvgIpc) is 2.69. The molecule has 138 valence electrons. The molecule has 2 aromatic carbocycles. The van der Waals surface area contributed by atoms with Crippen molar-refractivity contribution in [3.63, 3.8) is 0 Å². The fourth-order valence-corrected chi connectivity index (χ4v) is 5.02. The van der Waals surface area contributed by atoms with E-state index in [1.807, 2.05) is 10.6 Å². The van der Waals surface area contributed by atoms with Gasteiger partial charge in [-0.1, -0.05) is 36.4 Å². The lowest BCUT2D eigenvalue weighted by Crippen LogP contribution is -2.46. The van der Waals surface area contributed by atoms with E-state index in [2.05, 4.69) is 47.4 Å². The highest BCUT2D eigenvalue weighted by atomic mass is 16.5. The largest absolute Gasteiger partial charge is 0.496 e. The van der Waals surface area contributed by atoms with Crippen LogP contribution < -0.4 is 10.3 Å². The molecule has 0 saturated carbocycles. The molecule has 2 bridgehead atoms. The lowest BCUT2D eigenvalue weighted by Gasteiger charge is -2.43. The van der Waals surface area contributed by atoms with Gasteiger partial charge in [-0.25, -0.2) is 0 Å². The van der Waals surface area contributed by atoms with Gasteiger partial charge in [-0.05, 0) is 35.2 Å². The molecule has 1 fully saturated rings.